The van der Waals surface area contributed by atoms with E-state index in [9.17, 15) is 0 Å². The van der Waals surface area contributed by atoms with Crippen LogP contribution in [-0.2, 0) is 0 Å². The van der Waals surface area contributed by atoms with Crippen LogP contribution in [0.25, 0.3) is 0 Å². The van der Waals surface area contributed by atoms with Crippen molar-refractivity contribution in [1.82, 2.24) is 16.1 Å². The van der Waals surface area contributed by atoms with E-state index in [2.05, 4.69) is 29.9 Å². The quantitative estimate of drug-likeness (QED) is 0.321. The minimum atomic E-state index is 0. The normalized spacial score (nSPS) is 24.3. The predicted octanol–water partition coefficient (Wildman–Crippen LogP) is -0.626. The van der Waals surface area contributed by atoms with Gasteiger partial charge in [0.25, 0.3) is 0 Å². The zero-order valence-electron chi connectivity index (χ0n) is 6.98. The summed E-state index contributed by atoms with van der Waals surface area (Å²) in [5.41, 5.74) is 2.96. The number of nitrogens with two attached hydrogens (primary N) is 1. The molecule has 0 saturated carbocycles. The second-order valence-corrected chi connectivity index (χ2v) is 3.53. The molecule has 68 valence electrons. The van der Waals surface area contributed by atoms with Crippen LogP contribution in [0.15, 0.2) is 0 Å². The van der Waals surface area contributed by atoms with Crippen LogP contribution in [0.5, 0.6) is 0 Å². The minimum absolute atomic E-state index is 0. The van der Waals surface area contributed by atoms with Crippen LogP contribution in [0, 0.1) is 5.41 Å². The first kappa shape index (κ1) is 11.1. The molecular weight excluding hydrogens is 164 g/mol. The van der Waals surface area contributed by atoms with Crippen LogP contribution < -0.4 is 21.9 Å². The summed E-state index contributed by atoms with van der Waals surface area (Å²) in [6, 6.07) is 0. The first-order valence-electron chi connectivity index (χ1n) is 3.57. The van der Waals surface area contributed by atoms with Gasteiger partial charge in [-0.25, -0.2) is 5.43 Å². The molecule has 1 aliphatic heterocycles. The van der Waals surface area contributed by atoms with Gasteiger partial charge >= 0.3 is 0 Å². The number of hydrogen-bond donors (Lipinski definition) is 4. The van der Waals surface area contributed by atoms with Gasteiger partial charge in [0.1, 0.15) is 6.29 Å². The lowest BCUT2D eigenvalue weighted by Crippen LogP contribution is -2.63. The molecule has 0 aliphatic carbocycles. The molecule has 0 aromatic rings. The molecule has 4 nitrogen and oxygen atoms in total. The van der Waals surface area contributed by atoms with Crippen molar-refractivity contribution >= 4 is 12.4 Å². The van der Waals surface area contributed by atoms with Gasteiger partial charge in [-0.2, -0.15) is 0 Å². The summed E-state index contributed by atoms with van der Waals surface area (Å²) in [4.78, 5) is 0. The molecule has 0 amide bonds. The molecule has 0 unspecified atom stereocenters. The van der Waals surface area contributed by atoms with E-state index in [0.717, 1.165) is 13.1 Å². The summed E-state index contributed by atoms with van der Waals surface area (Å²) >= 11 is 0. The summed E-state index contributed by atoms with van der Waals surface area (Å²) in [5.74, 6) is 5.22. The van der Waals surface area contributed by atoms with E-state index < -0.39 is 0 Å². The highest BCUT2D eigenvalue weighted by Crippen LogP contribution is 2.13. The molecular formula is C6H17ClN4. The molecule has 5 N–H and O–H groups in total. The van der Waals surface area contributed by atoms with Crippen molar-refractivity contribution in [1.29, 1.82) is 0 Å². The molecule has 0 spiro atoms. The van der Waals surface area contributed by atoms with Crippen molar-refractivity contribution in [2.75, 3.05) is 13.1 Å². The largest absolute Gasteiger partial charge is 0.288 e. The van der Waals surface area contributed by atoms with E-state index in [1.54, 1.807) is 0 Å². The van der Waals surface area contributed by atoms with E-state index in [4.69, 9.17) is 5.84 Å². The van der Waals surface area contributed by atoms with Crippen LogP contribution in [0.3, 0.4) is 0 Å². The van der Waals surface area contributed by atoms with Crippen LogP contribution >= 0.6 is 12.4 Å². The van der Waals surface area contributed by atoms with Gasteiger partial charge in [-0.3, -0.25) is 16.5 Å². The van der Waals surface area contributed by atoms with E-state index in [0.29, 0.717) is 5.41 Å². The number of hydrazine groups is 1. The molecule has 0 aromatic heterocycles. The standard InChI is InChI=1S/C6H16N4.ClH/c1-6(2)3-8-5(10-7)9-4-6;/h5,8-10H,3-4,7H2,1-2H3;1H. The third-order valence-electron chi connectivity index (χ3n) is 1.74. The maximum absolute atomic E-state index is 5.22. The highest BCUT2D eigenvalue weighted by Gasteiger charge is 2.24. The SMILES string of the molecule is CC1(C)CNC(NN)NC1.Cl. The maximum atomic E-state index is 5.22. The predicted molar refractivity (Wildman–Crippen MR) is 48.1 cm³/mol. The van der Waals surface area contributed by atoms with Gasteiger partial charge in [-0.15, -0.1) is 12.4 Å². The highest BCUT2D eigenvalue weighted by molar-refractivity contribution is 5.85. The Hall–Kier alpha value is 0.130. The zero-order valence-corrected chi connectivity index (χ0v) is 7.79. The molecule has 0 bridgehead atoms. The maximum Gasteiger partial charge on any atom is 0.124 e. The summed E-state index contributed by atoms with van der Waals surface area (Å²) < 4.78 is 0. The highest BCUT2D eigenvalue weighted by atomic mass is 35.5. The van der Waals surface area contributed by atoms with Gasteiger partial charge in [0, 0.05) is 13.1 Å². The average molecular weight is 181 g/mol. The molecule has 0 atom stereocenters. The lowest BCUT2D eigenvalue weighted by Gasteiger charge is -2.35. The number of hydrogen-bond acceptors (Lipinski definition) is 4. The van der Waals surface area contributed by atoms with Gasteiger partial charge in [0.2, 0.25) is 0 Å². The van der Waals surface area contributed by atoms with E-state index >= 15 is 0 Å². The van der Waals surface area contributed by atoms with E-state index in [1.165, 1.54) is 0 Å². The molecule has 11 heavy (non-hydrogen) atoms. The Bertz CT molecular complexity index is 107. The summed E-state index contributed by atoms with van der Waals surface area (Å²) in [7, 11) is 0. The minimum Gasteiger partial charge on any atom is -0.288 e. The zero-order chi connectivity index (χ0) is 7.61. The topological polar surface area (TPSA) is 62.1 Å². The van der Waals surface area contributed by atoms with Crippen LogP contribution in [0.1, 0.15) is 13.8 Å². The van der Waals surface area contributed by atoms with Crippen molar-refractivity contribution < 1.29 is 0 Å². The third-order valence-corrected chi connectivity index (χ3v) is 1.74. The molecule has 1 fully saturated rings. The lowest BCUT2D eigenvalue weighted by molar-refractivity contribution is 0.196. The number of rotatable bonds is 1. The molecule has 0 radical (unpaired) electrons. The Morgan fingerprint density at radius 1 is 1.36 bits per heavy atom. The molecule has 5 heteroatoms. The Morgan fingerprint density at radius 2 is 1.82 bits per heavy atom. The number of nitrogens with one attached hydrogen (secondary N) is 3. The second kappa shape index (κ2) is 4.23. The monoisotopic (exact) mass is 180 g/mol. The van der Waals surface area contributed by atoms with Crippen molar-refractivity contribution in [3.8, 4) is 0 Å². The average Bonchev–Trinajstić information content (AvgIpc) is 1.88. The summed E-state index contributed by atoms with van der Waals surface area (Å²) in [6.07, 6.45) is 0.0769. The number of halogens is 1. The Kier molecular flexibility index (Phi) is 4.28. The van der Waals surface area contributed by atoms with Gasteiger partial charge in [-0.1, -0.05) is 13.8 Å². The fraction of sp³-hybridized carbons (Fsp3) is 1.00. The van der Waals surface area contributed by atoms with Crippen LogP contribution in [0.4, 0.5) is 0 Å². The Morgan fingerprint density at radius 3 is 2.18 bits per heavy atom. The van der Waals surface area contributed by atoms with Crippen LogP contribution in [-0.4, -0.2) is 19.4 Å². The van der Waals surface area contributed by atoms with Gasteiger partial charge in [0.05, 0.1) is 0 Å². The smallest absolute Gasteiger partial charge is 0.124 e. The summed E-state index contributed by atoms with van der Waals surface area (Å²) in [6.45, 7) is 6.41. The van der Waals surface area contributed by atoms with Crippen LogP contribution in [0.2, 0.25) is 0 Å². The summed E-state index contributed by atoms with van der Waals surface area (Å²) in [5, 5.41) is 6.42. The fourth-order valence-electron chi connectivity index (χ4n) is 1.01. The van der Waals surface area contributed by atoms with Crippen molar-refractivity contribution in [2.24, 2.45) is 11.3 Å². The molecule has 1 heterocycles. The van der Waals surface area contributed by atoms with Crippen molar-refractivity contribution in [2.45, 2.75) is 20.1 Å². The van der Waals surface area contributed by atoms with Gasteiger partial charge in [-0.05, 0) is 5.41 Å². The first-order valence-corrected chi connectivity index (χ1v) is 3.57. The molecule has 1 aliphatic rings. The molecule has 0 aromatic carbocycles. The second-order valence-electron chi connectivity index (χ2n) is 3.53. The van der Waals surface area contributed by atoms with E-state index in [1.807, 2.05) is 0 Å². The van der Waals surface area contributed by atoms with Gasteiger partial charge < -0.3 is 0 Å². The van der Waals surface area contributed by atoms with E-state index in [-0.39, 0.29) is 18.7 Å². The lowest BCUT2D eigenvalue weighted by atomic mass is 9.92. The van der Waals surface area contributed by atoms with Gasteiger partial charge in [0.15, 0.2) is 0 Å². The first-order chi connectivity index (χ1) is 4.64. The Balaban J connectivity index is 0.000001000. The third kappa shape index (κ3) is 3.35. The molecule has 1 rings (SSSR count). The molecule has 1 saturated heterocycles. The van der Waals surface area contributed by atoms with Crippen molar-refractivity contribution in [3.63, 3.8) is 0 Å². The fourth-order valence-corrected chi connectivity index (χ4v) is 1.01. The van der Waals surface area contributed by atoms with Crippen molar-refractivity contribution in [3.05, 3.63) is 0 Å². The Labute approximate surface area is 73.7 Å².